The molecule has 10 heteroatoms. The van der Waals surface area contributed by atoms with E-state index in [1.807, 2.05) is 25.5 Å². The standard InChI is InChI=1S/C27H33N7O2S/c1-27(2)13-19-20(16-36-27)24(28-3)32-26-21(19)22-23(37-26)25(31-17-30-22)34(15-18-5-4-6-29-14-18)8-7-33-9-11-35-12-10-33/h4-6,14,17H,7-13,15-16H2,1-3H3,(H,28,32). The molecule has 0 atom stereocenters. The third kappa shape index (κ3) is 4.86. The molecule has 0 aromatic carbocycles. The summed E-state index contributed by atoms with van der Waals surface area (Å²) in [5.41, 5.74) is 4.32. The Labute approximate surface area is 220 Å². The van der Waals surface area contributed by atoms with Crippen molar-refractivity contribution in [3.63, 3.8) is 0 Å². The van der Waals surface area contributed by atoms with Gasteiger partial charge in [0.15, 0.2) is 0 Å². The summed E-state index contributed by atoms with van der Waals surface area (Å²) in [6.07, 6.45) is 6.27. The maximum atomic E-state index is 6.15. The molecule has 4 aromatic heterocycles. The van der Waals surface area contributed by atoms with E-state index in [9.17, 15) is 0 Å². The van der Waals surface area contributed by atoms with Crippen LogP contribution in [-0.2, 0) is 29.0 Å². The smallest absolute Gasteiger partial charge is 0.150 e. The fourth-order valence-corrected chi connectivity index (χ4v) is 6.46. The molecule has 6 rings (SSSR count). The topological polar surface area (TPSA) is 88.5 Å². The molecule has 1 saturated heterocycles. The highest BCUT2D eigenvalue weighted by Crippen LogP contribution is 2.43. The minimum atomic E-state index is -0.235. The van der Waals surface area contributed by atoms with Crippen LogP contribution in [0.2, 0.25) is 0 Å². The van der Waals surface area contributed by atoms with Crippen LogP contribution in [0.4, 0.5) is 11.6 Å². The van der Waals surface area contributed by atoms with Gasteiger partial charge < -0.3 is 19.7 Å². The Morgan fingerprint density at radius 2 is 2.05 bits per heavy atom. The molecule has 9 nitrogen and oxygen atoms in total. The van der Waals surface area contributed by atoms with Crippen LogP contribution in [0.15, 0.2) is 30.9 Å². The molecule has 0 radical (unpaired) electrons. The first-order valence-electron chi connectivity index (χ1n) is 12.9. The third-order valence-electron chi connectivity index (χ3n) is 7.23. The van der Waals surface area contributed by atoms with Crippen molar-refractivity contribution in [1.82, 2.24) is 24.8 Å². The van der Waals surface area contributed by atoms with E-state index >= 15 is 0 Å². The molecule has 194 valence electrons. The van der Waals surface area contributed by atoms with E-state index in [0.29, 0.717) is 6.61 Å². The summed E-state index contributed by atoms with van der Waals surface area (Å²) in [7, 11) is 1.92. The van der Waals surface area contributed by atoms with Crippen molar-refractivity contribution in [3.8, 4) is 0 Å². The van der Waals surface area contributed by atoms with Crippen LogP contribution in [0.1, 0.15) is 30.5 Å². The van der Waals surface area contributed by atoms with Crippen LogP contribution in [0.25, 0.3) is 20.4 Å². The summed E-state index contributed by atoms with van der Waals surface area (Å²) in [5, 5.41) is 4.43. The van der Waals surface area contributed by atoms with Gasteiger partial charge in [-0.1, -0.05) is 6.07 Å². The molecule has 0 bridgehead atoms. The zero-order chi connectivity index (χ0) is 25.4. The van der Waals surface area contributed by atoms with Gasteiger partial charge in [0, 0.05) is 69.5 Å². The van der Waals surface area contributed by atoms with Crippen molar-refractivity contribution >= 4 is 43.4 Å². The Morgan fingerprint density at radius 1 is 1.19 bits per heavy atom. The number of aromatic nitrogens is 4. The number of morpholine rings is 1. The summed E-state index contributed by atoms with van der Waals surface area (Å²) in [6, 6.07) is 4.11. The minimum Gasteiger partial charge on any atom is -0.379 e. The molecule has 4 aromatic rings. The quantitative estimate of drug-likeness (QED) is 0.391. The molecule has 0 aliphatic carbocycles. The summed E-state index contributed by atoms with van der Waals surface area (Å²) < 4.78 is 12.8. The van der Waals surface area contributed by atoms with Crippen molar-refractivity contribution in [2.24, 2.45) is 0 Å². The van der Waals surface area contributed by atoms with Gasteiger partial charge in [0.2, 0.25) is 0 Å². The summed E-state index contributed by atoms with van der Waals surface area (Å²) in [5.74, 6) is 1.84. The number of hydrogen-bond acceptors (Lipinski definition) is 10. The first kappa shape index (κ1) is 24.4. The normalized spacial score (nSPS) is 17.7. The van der Waals surface area contributed by atoms with E-state index < -0.39 is 0 Å². The first-order chi connectivity index (χ1) is 18.0. The van der Waals surface area contributed by atoms with E-state index in [0.717, 1.165) is 95.6 Å². The van der Waals surface area contributed by atoms with Gasteiger partial charge in [0.1, 0.15) is 22.8 Å². The number of thiophene rings is 1. The number of anilines is 2. The summed E-state index contributed by atoms with van der Waals surface area (Å²) >= 11 is 1.68. The van der Waals surface area contributed by atoms with Crippen LogP contribution in [0, 0.1) is 0 Å². The zero-order valence-corrected chi connectivity index (χ0v) is 22.5. The average Bonchev–Trinajstić information content (AvgIpc) is 3.30. The van der Waals surface area contributed by atoms with Crippen molar-refractivity contribution in [2.45, 2.75) is 39.0 Å². The Kier molecular flexibility index (Phi) is 6.66. The predicted octanol–water partition coefficient (Wildman–Crippen LogP) is 3.87. The lowest BCUT2D eigenvalue weighted by molar-refractivity contribution is -0.0394. The molecular weight excluding hydrogens is 486 g/mol. The highest BCUT2D eigenvalue weighted by atomic mass is 32.1. The van der Waals surface area contributed by atoms with E-state index in [1.54, 1.807) is 17.7 Å². The number of pyridine rings is 2. The van der Waals surface area contributed by atoms with Crippen LogP contribution >= 0.6 is 11.3 Å². The molecule has 0 amide bonds. The number of hydrogen-bond donors (Lipinski definition) is 1. The van der Waals surface area contributed by atoms with Crippen LogP contribution in [0.3, 0.4) is 0 Å². The van der Waals surface area contributed by atoms with Gasteiger partial charge in [-0.3, -0.25) is 9.88 Å². The first-order valence-corrected chi connectivity index (χ1v) is 13.7. The maximum Gasteiger partial charge on any atom is 0.150 e. The maximum absolute atomic E-state index is 6.15. The van der Waals surface area contributed by atoms with E-state index in [-0.39, 0.29) is 5.60 Å². The van der Waals surface area contributed by atoms with Crippen LogP contribution < -0.4 is 10.2 Å². The Hall–Kier alpha value is -2.92. The van der Waals surface area contributed by atoms with Crippen LogP contribution in [-0.4, -0.2) is 76.9 Å². The molecule has 6 heterocycles. The molecule has 1 N–H and O–H groups in total. The second-order valence-corrected chi connectivity index (χ2v) is 11.3. The molecule has 0 spiro atoms. The summed E-state index contributed by atoms with van der Waals surface area (Å²) in [6.45, 7) is 10.9. The fourth-order valence-electron chi connectivity index (χ4n) is 5.28. The SMILES string of the molecule is CNc1nc2sc3c(N(CCN4CCOCC4)Cc4cccnc4)ncnc3c2c2c1COC(C)(C)C2. The van der Waals surface area contributed by atoms with Gasteiger partial charge in [0.25, 0.3) is 0 Å². The van der Waals surface area contributed by atoms with Crippen molar-refractivity contribution in [3.05, 3.63) is 47.5 Å². The predicted molar refractivity (Wildman–Crippen MR) is 147 cm³/mol. The Morgan fingerprint density at radius 3 is 2.84 bits per heavy atom. The summed E-state index contributed by atoms with van der Waals surface area (Å²) in [4.78, 5) is 24.8. The molecular formula is C27H33N7O2S. The van der Waals surface area contributed by atoms with Crippen LogP contribution in [0.5, 0.6) is 0 Å². The second-order valence-electron chi connectivity index (χ2n) is 10.3. The lowest BCUT2D eigenvalue weighted by Crippen LogP contribution is -2.41. The van der Waals surface area contributed by atoms with Gasteiger partial charge in [0.05, 0.1) is 35.6 Å². The monoisotopic (exact) mass is 519 g/mol. The number of nitrogens with one attached hydrogen (secondary N) is 1. The van der Waals surface area contributed by atoms with Crippen molar-refractivity contribution < 1.29 is 9.47 Å². The average molecular weight is 520 g/mol. The fraction of sp³-hybridized carbons (Fsp3) is 0.481. The largest absolute Gasteiger partial charge is 0.379 e. The lowest BCUT2D eigenvalue weighted by atomic mass is 9.90. The number of nitrogens with zero attached hydrogens (tertiary/aromatic N) is 6. The molecule has 37 heavy (non-hydrogen) atoms. The highest BCUT2D eigenvalue weighted by Gasteiger charge is 2.32. The van der Waals surface area contributed by atoms with E-state index in [4.69, 9.17) is 24.4 Å². The molecule has 2 aliphatic heterocycles. The zero-order valence-electron chi connectivity index (χ0n) is 21.7. The van der Waals surface area contributed by atoms with Gasteiger partial charge >= 0.3 is 0 Å². The van der Waals surface area contributed by atoms with Gasteiger partial charge in [-0.2, -0.15) is 0 Å². The van der Waals surface area contributed by atoms with E-state index in [2.05, 4.69) is 40.0 Å². The van der Waals surface area contributed by atoms with E-state index in [1.165, 1.54) is 5.56 Å². The molecule has 0 unspecified atom stereocenters. The van der Waals surface area contributed by atoms with Gasteiger partial charge in [-0.05, 0) is 31.0 Å². The Bertz CT molecular complexity index is 1400. The molecule has 1 fully saturated rings. The highest BCUT2D eigenvalue weighted by molar-refractivity contribution is 7.26. The van der Waals surface area contributed by atoms with Crippen molar-refractivity contribution in [1.29, 1.82) is 0 Å². The van der Waals surface area contributed by atoms with Gasteiger partial charge in [-0.25, -0.2) is 15.0 Å². The van der Waals surface area contributed by atoms with Gasteiger partial charge in [-0.15, -0.1) is 11.3 Å². The Balaban J connectivity index is 1.45. The number of rotatable bonds is 7. The number of ether oxygens (including phenoxy) is 2. The number of fused-ring (bicyclic) bond motifs is 5. The third-order valence-corrected chi connectivity index (χ3v) is 8.30. The van der Waals surface area contributed by atoms with Crippen molar-refractivity contribution in [2.75, 3.05) is 56.7 Å². The second kappa shape index (κ2) is 10.1. The molecule has 0 saturated carbocycles. The molecule has 2 aliphatic rings. The minimum absolute atomic E-state index is 0.235. The lowest BCUT2D eigenvalue weighted by Gasteiger charge is -2.33.